The number of hydrogen-bond donors (Lipinski definition) is 0. The largest absolute Gasteiger partial charge is 0.360 e. The first kappa shape index (κ1) is 7.34. The quantitative estimate of drug-likeness (QED) is 0.567. The first-order valence-corrected chi connectivity index (χ1v) is 3.91. The van der Waals surface area contributed by atoms with Crippen LogP contribution in [0.1, 0.15) is 21.8 Å². The summed E-state index contributed by atoms with van der Waals surface area (Å²) in [7, 11) is 1.79. The van der Waals surface area contributed by atoms with Crippen LogP contribution < -0.4 is 0 Å². The van der Waals surface area contributed by atoms with Gasteiger partial charge in [0.25, 0.3) is 5.91 Å². The van der Waals surface area contributed by atoms with E-state index in [1.165, 1.54) is 0 Å². The molecule has 0 aromatic carbocycles. The van der Waals surface area contributed by atoms with Crippen molar-refractivity contribution in [3.05, 3.63) is 17.0 Å². The van der Waals surface area contributed by atoms with Crippen LogP contribution in [0.15, 0.2) is 4.52 Å². The van der Waals surface area contributed by atoms with Gasteiger partial charge in [-0.25, -0.2) is 0 Å². The van der Waals surface area contributed by atoms with Crippen molar-refractivity contribution in [3.63, 3.8) is 0 Å². The minimum atomic E-state index is 0.0231. The molecule has 2 rings (SSSR count). The second-order valence-electron chi connectivity index (χ2n) is 3.04. The van der Waals surface area contributed by atoms with Crippen molar-refractivity contribution in [2.75, 3.05) is 13.6 Å². The fourth-order valence-corrected chi connectivity index (χ4v) is 1.42. The Hall–Kier alpha value is -1.32. The van der Waals surface area contributed by atoms with Gasteiger partial charge in [-0.1, -0.05) is 5.16 Å². The van der Waals surface area contributed by atoms with Gasteiger partial charge in [0.05, 0.1) is 5.69 Å². The molecule has 1 aromatic rings. The lowest BCUT2D eigenvalue weighted by Gasteiger charge is -2.20. The van der Waals surface area contributed by atoms with E-state index in [-0.39, 0.29) is 5.91 Å². The van der Waals surface area contributed by atoms with E-state index in [2.05, 4.69) is 5.16 Å². The second-order valence-corrected chi connectivity index (χ2v) is 3.04. The Kier molecular flexibility index (Phi) is 1.43. The number of carbonyl (C=O) groups is 1. The highest BCUT2D eigenvalue weighted by molar-refractivity contribution is 5.96. The average Bonchev–Trinajstić information content (AvgIpc) is 2.41. The summed E-state index contributed by atoms with van der Waals surface area (Å²) >= 11 is 0. The van der Waals surface area contributed by atoms with Gasteiger partial charge in [0.2, 0.25) is 0 Å². The molecule has 0 spiro atoms. The van der Waals surface area contributed by atoms with Crippen molar-refractivity contribution < 1.29 is 9.32 Å². The van der Waals surface area contributed by atoms with E-state index in [4.69, 9.17) is 4.52 Å². The van der Waals surface area contributed by atoms with Gasteiger partial charge in [-0.3, -0.25) is 4.79 Å². The van der Waals surface area contributed by atoms with Crippen molar-refractivity contribution in [1.82, 2.24) is 10.1 Å². The third-order valence-electron chi connectivity index (χ3n) is 2.17. The van der Waals surface area contributed by atoms with Gasteiger partial charge in [-0.05, 0) is 6.92 Å². The van der Waals surface area contributed by atoms with E-state index in [1.54, 1.807) is 18.9 Å². The molecule has 12 heavy (non-hydrogen) atoms. The molecule has 1 aliphatic heterocycles. The van der Waals surface area contributed by atoms with Crippen molar-refractivity contribution in [3.8, 4) is 0 Å². The molecular formula is C8H10N2O2. The molecule has 1 aliphatic rings. The Bertz CT molecular complexity index is 330. The Morgan fingerprint density at radius 1 is 1.58 bits per heavy atom. The van der Waals surface area contributed by atoms with Crippen LogP contribution in [0.4, 0.5) is 0 Å². The highest BCUT2D eigenvalue weighted by Crippen LogP contribution is 2.20. The number of nitrogens with zero attached hydrogens (tertiary/aromatic N) is 2. The zero-order valence-corrected chi connectivity index (χ0v) is 7.13. The Morgan fingerprint density at radius 3 is 3.08 bits per heavy atom. The molecular weight excluding hydrogens is 156 g/mol. The minimum Gasteiger partial charge on any atom is -0.360 e. The minimum absolute atomic E-state index is 0.0231. The summed E-state index contributed by atoms with van der Waals surface area (Å²) in [6.45, 7) is 2.51. The number of fused-ring (bicyclic) bond motifs is 1. The molecule has 0 unspecified atom stereocenters. The Labute approximate surface area is 70.1 Å². The highest BCUT2D eigenvalue weighted by Gasteiger charge is 2.27. The maximum atomic E-state index is 11.5. The number of likely N-dealkylation sites (N-methyl/N-ethyl adjacent to an activating group) is 1. The zero-order chi connectivity index (χ0) is 8.72. The maximum absolute atomic E-state index is 11.5. The fraction of sp³-hybridized carbons (Fsp3) is 0.500. The molecule has 1 aromatic heterocycles. The molecule has 0 bridgehead atoms. The number of aromatic nitrogens is 1. The van der Waals surface area contributed by atoms with Crippen LogP contribution >= 0.6 is 0 Å². The molecule has 4 heteroatoms. The molecule has 0 fully saturated rings. The lowest BCUT2D eigenvalue weighted by Crippen LogP contribution is -2.33. The number of aryl methyl sites for hydroxylation is 1. The van der Waals surface area contributed by atoms with E-state index < -0.39 is 0 Å². The Balaban J connectivity index is 2.53. The summed E-state index contributed by atoms with van der Waals surface area (Å²) in [6, 6.07) is 0. The number of amides is 1. The Morgan fingerprint density at radius 2 is 2.33 bits per heavy atom. The first-order chi connectivity index (χ1) is 5.70. The summed E-state index contributed by atoms with van der Waals surface area (Å²) in [6.07, 6.45) is 0.776. The monoisotopic (exact) mass is 166 g/mol. The molecule has 0 atom stereocenters. The van der Waals surface area contributed by atoms with E-state index in [0.29, 0.717) is 11.3 Å². The molecule has 0 saturated carbocycles. The number of carbonyl (C=O) groups excluding carboxylic acids is 1. The topological polar surface area (TPSA) is 46.3 Å². The standard InChI is InChI=1S/C8H10N2O2/c1-5-7-6(12-9-5)3-4-10(2)8(7)11/h3-4H2,1-2H3. The maximum Gasteiger partial charge on any atom is 0.259 e. The molecule has 0 radical (unpaired) electrons. The normalized spacial score (nSPS) is 16.5. The van der Waals surface area contributed by atoms with Crippen molar-refractivity contribution >= 4 is 5.91 Å². The third-order valence-corrected chi connectivity index (χ3v) is 2.17. The van der Waals surface area contributed by atoms with Crippen molar-refractivity contribution in [2.45, 2.75) is 13.3 Å². The van der Waals surface area contributed by atoms with Gasteiger partial charge < -0.3 is 9.42 Å². The van der Waals surface area contributed by atoms with Gasteiger partial charge >= 0.3 is 0 Å². The van der Waals surface area contributed by atoms with Crippen molar-refractivity contribution in [1.29, 1.82) is 0 Å². The second kappa shape index (κ2) is 2.33. The molecule has 2 heterocycles. The van der Waals surface area contributed by atoms with Gasteiger partial charge in [-0.2, -0.15) is 0 Å². The van der Waals surface area contributed by atoms with E-state index in [0.717, 1.165) is 18.7 Å². The predicted molar refractivity (Wildman–Crippen MR) is 41.9 cm³/mol. The van der Waals surface area contributed by atoms with E-state index in [9.17, 15) is 4.79 Å². The summed E-state index contributed by atoms with van der Waals surface area (Å²) in [5.74, 6) is 0.755. The lowest BCUT2D eigenvalue weighted by molar-refractivity contribution is 0.0773. The van der Waals surface area contributed by atoms with Crippen LogP contribution in [0.25, 0.3) is 0 Å². The lowest BCUT2D eigenvalue weighted by atomic mass is 10.1. The number of rotatable bonds is 0. The highest BCUT2D eigenvalue weighted by atomic mass is 16.5. The SMILES string of the molecule is Cc1noc2c1C(=O)N(C)CC2. The van der Waals surface area contributed by atoms with Crippen LogP contribution in [-0.2, 0) is 6.42 Å². The smallest absolute Gasteiger partial charge is 0.259 e. The number of hydrogen-bond acceptors (Lipinski definition) is 3. The summed E-state index contributed by atoms with van der Waals surface area (Å²) < 4.78 is 5.01. The van der Waals surface area contributed by atoms with Crippen LogP contribution in [0.2, 0.25) is 0 Å². The van der Waals surface area contributed by atoms with E-state index in [1.807, 2.05) is 0 Å². The molecule has 0 N–H and O–H groups in total. The van der Waals surface area contributed by atoms with Gasteiger partial charge in [0.1, 0.15) is 5.56 Å². The molecule has 64 valence electrons. The van der Waals surface area contributed by atoms with Crippen LogP contribution in [0.5, 0.6) is 0 Å². The first-order valence-electron chi connectivity index (χ1n) is 3.91. The summed E-state index contributed by atoms with van der Waals surface area (Å²) in [4.78, 5) is 13.2. The zero-order valence-electron chi connectivity index (χ0n) is 7.13. The summed E-state index contributed by atoms with van der Waals surface area (Å²) in [5, 5.41) is 3.76. The molecule has 1 amide bonds. The van der Waals surface area contributed by atoms with Crippen LogP contribution in [-0.4, -0.2) is 29.6 Å². The molecule has 0 saturated heterocycles. The van der Waals surface area contributed by atoms with Gasteiger partial charge in [0.15, 0.2) is 5.76 Å². The predicted octanol–water partition coefficient (Wildman–Crippen LogP) is 0.611. The van der Waals surface area contributed by atoms with Crippen LogP contribution in [0, 0.1) is 6.92 Å². The molecule has 4 nitrogen and oxygen atoms in total. The fourth-order valence-electron chi connectivity index (χ4n) is 1.42. The summed E-state index contributed by atoms with van der Waals surface area (Å²) in [5.41, 5.74) is 1.35. The van der Waals surface area contributed by atoms with Gasteiger partial charge in [-0.15, -0.1) is 0 Å². The molecule has 0 aliphatic carbocycles. The third kappa shape index (κ3) is 0.841. The van der Waals surface area contributed by atoms with E-state index >= 15 is 0 Å². The van der Waals surface area contributed by atoms with Crippen LogP contribution in [0.3, 0.4) is 0 Å². The van der Waals surface area contributed by atoms with Crippen molar-refractivity contribution in [2.24, 2.45) is 0 Å². The van der Waals surface area contributed by atoms with Gasteiger partial charge in [0, 0.05) is 20.0 Å². The average molecular weight is 166 g/mol.